The molecule has 4 heterocycles. The van der Waals surface area contributed by atoms with Crippen LogP contribution < -0.4 is 4.74 Å². The summed E-state index contributed by atoms with van der Waals surface area (Å²) in [6.07, 6.45) is -3.44. The molecule has 194 valence electrons. The van der Waals surface area contributed by atoms with Crippen LogP contribution in [-0.4, -0.2) is 81.3 Å². The molecule has 2 saturated heterocycles. The van der Waals surface area contributed by atoms with E-state index in [2.05, 4.69) is 20.1 Å². The number of carbonyl (C=O) groups is 2. The monoisotopic (exact) mass is 512 g/mol. The van der Waals surface area contributed by atoms with E-state index in [1.54, 1.807) is 4.90 Å². The Labute approximate surface area is 203 Å². The third-order valence-corrected chi connectivity index (χ3v) is 6.96. The van der Waals surface area contributed by atoms with Crippen LogP contribution >= 0.6 is 0 Å². The van der Waals surface area contributed by atoms with Crippen LogP contribution in [0.5, 0.6) is 5.75 Å². The van der Waals surface area contributed by atoms with Crippen molar-refractivity contribution < 1.29 is 36.6 Å². The summed E-state index contributed by atoms with van der Waals surface area (Å²) < 4.78 is 59.7. The number of fused-ring (bicyclic) bond motifs is 1. The molecule has 14 heteroatoms. The number of halogens is 4. The van der Waals surface area contributed by atoms with E-state index in [9.17, 15) is 27.2 Å². The quantitative estimate of drug-likeness (QED) is 0.635. The number of rotatable bonds is 3. The number of hydrogen-bond donors (Lipinski definition) is 1. The predicted octanol–water partition coefficient (Wildman–Crippen LogP) is 3.06. The number of likely N-dealkylation sites (tertiary alicyclic amines) is 2. The molecule has 1 N–H and O–H groups in total. The lowest BCUT2D eigenvalue weighted by molar-refractivity contribution is -0.274. The number of H-pyrrole nitrogens is 1. The molecule has 0 unspecified atom stereocenters. The molecule has 0 saturated carbocycles. The summed E-state index contributed by atoms with van der Waals surface area (Å²) in [6.45, 7) is 2.75. The zero-order chi connectivity index (χ0) is 25.5. The molecular weight excluding hydrogens is 488 g/mol. The number of aromatic amines is 1. The number of piperidine rings is 1. The summed E-state index contributed by atoms with van der Waals surface area (Å²) >= 11 is 0. The van der Waals surface area contributed by atoms with Crippen molar-refractivity contribution in [1.29, 1.82) is 0 Å². The highest BCUT2D eigenvalue weighted by Crippen LogP contribution is 2.41. The summed E-state index contributed by atoms with van der Waals surface area (Å²) in [4.78, 5) is 30.4. The predicted molar refractivity (Wildman–Crippen MR) is 114 cm³/mol. The van der Waals surface area contributed by atoms with E-state index >= 15 is 0 Å². The highest BCUT2D eigenvalue weighted by atomic mass is 19.4. The van der Waals surface area contributed by atoms with Gasteiger partial charge in [-0.15, -0.1) is 18.3 Å². The smallest absolute Gasteiger partial charge is 0.444 e. The molecular formula is C22H24F4N6O4. The van der Waals surface area contributed by atoms with E-state index in [0.29, 0.717) is 64.6 Å². The normalized spacial score (nSPS) is 19.1. The standard InChI is InChI=1S/C22H24F4N6O4/c23-16-9-15(36-22(24,25)26)2-1-14(16)11-35-20(34)30-7-4-21(5-8-30)12-32(13-21)19(33)31-6-3-17-18(10-31)28-29-27-17/h1-2,9H,3-8,10-13H2,(H,27,28,29). The Morgan fingerprint density at radius 3 is 2.53 bits per heavy atom. The molecule has 2 aromatic rings. The van der Waals surface area contributed by atoms with Crippen molar-refractivity contribution >= 4 is 12.1 Å². The van der Waals surface area contributed by atoms with Crippen LogP contribution in [0.3, 0.4) is 0 Å². The van der Waals surface area contributed by atoms with Crippen LogP contribution in [0, 0.1) is 11.2 Å². The SMILES string of the molecule is O=C(OCc1ccc(OC(F)(F)F)cc1F)N1CCC2(CC1)CN(C(=O)N1CCc3[nH]nnc3C1)C2. The van der Waals surface area contributed by atoms with Gasteiger partial charge in [0.15, 0.2) is 0 Å². The Bertz CT molecular complexity index is 1140. The second-order valence-electron chi connectivity index (χ2n) is 9.39. The van der Waals surface area contributed by atoms with E-state index < -0.39 is 30.6 Å². The number of amides is 3. The fourth-order valence-corrected chi connectivity index (χ4v) is 4.92. The molecule has 0 bridgehead atoms. The van der Waals surface area contributed by atoms with E-state index in [1.807, 2.05) is 4.90 Å². The van der Waals surface area contributed by atoms with Crippen molar-refractivity contribution in [1.82, 2.24) is 30.1 Å². The van der Waals surface area contributed by atoms with Crippen LogP contribution in [0.25, 0.3) is 0 Å². The minimum absolute atomic E-state index is 0.0233. The number of alkyl halides is 3. The Hall–Kier alpha value is -3.58. The first kappa shape index (κ1) is 24.1. The van der Waals surface area contributed by atoms with Crippen LogP contribution in [0.2, 0.25) is 0 Å². The Balaban J connectivity index is 1.06. The molecule has 5 rings (SSSR count). The minimum atomic E-state index is -4.92. The molecule has 10 nitrogen and oxygen atoms in total. The second kappa shape index (κ2) is 9.13. The first-order valence-electron chi connectivity index (χ1n) is 11.5. The van der Waals surface area contributed by atoms with Gasteiger partial charge in [-0.05, 0) is 25.0 Å². The van der Waals surface area contributed by atoms with E-state index in [0.717, 1.165) is 23.5 Å². The summed E-state index contributed by atoms with van der Waals surface area (Å²) in [5.41, 5.74) is 1.66. The van der Waals surface area contributed by atoms with E-state index in [4.69, 9.17) is 4.74 Å². The molecule has 1 spiro atoms. The topological polar surface area (TPSA) is 104 Å². The number of carbonyl (C=O) groups excluding carboxylic acids is 2. The third kappa shape index (κ3) is 5.02. The van der Waals surface area contributed by atoms with Crippen molar-refractivity contribution in [2.75, 3.05) is 32.7 Å². The molecule has 3 aliphatic rings. The highest BCUT2D eigenvalue weighted by molar-refractivity contribution is 5.76. The molecule has 3 amide bonds. The minimum Gasteiger partial charge on any atom is -0.444 e. The van der Waals surface area contributed by atoms with Gasteiger partial charge >= 0.3 is 18.5 Å². The molecule has 1 aromatic carbocycles. The third-order valence-electron chi connectivity index (χ3n) is 6.96. The lowest BCUT2D eigenvalue weighted by Crippen LogP contribution is -2.64. The number of nitrogens with zero attached hydrogens (tertiary/aromatic N) is 5. The number of aromatic nitrogens is 3. The number of nitrogens with one attached hydrogen (secondary N) is 1. The molecule has 36 heavy (non-hydrogen) atoms. The maximum absolute atomic E-state index is 14.1. The van der Waals surface area contributed by atoms with Gasteiger partial charge in [-0.2, -0.15) is 0 Å². The van der Waals surface area contributed by atoms with Gasteiger partial charge in [0.2, 0.25) is 0 Å². The van der Waals surface area contributed by atoms with Crippen molar-refractivity contribution in [3.63, 3.8) is 0 Å². The van der Waals surface area contributed by atoms with E-state index in [-0.39, 0.29) is 17.0 Å². The van der Waals surface area contributed by atoms with Gasteiger partial charge in [0, 0.05) is 56.2 Å². The second-order valence-corrected chi connectivity index (χ2v) is 9.39. The Morgan fingerprint density at radius 2 is 1.83 bits per heavy atom. The Kier molecular flexibility index (Phi) is 6.12. The molecule has 2 fully saturated rings. The van der Waals surface area contributed by atoms with Gasteiger partial charge in [0.25, 0.3) is 0 Å². The molecule has 0 aliphatic carbocycles. The zero-order valence-corrected chi connectivity index (χ0v) is 19.2. The van der Waals surface area contributed by atoms with Crippen LogP contribution in [0.1, 0.15) is 29.8 Å². The molecule has 1 aromatic heterocycles. The highest BCUT2D eigenvalue weighted by Gasteiger charge is 2.48. The van der Waals surface area contributed by atoms with Gasteiger partial charge in [0.1, 0.15) is 23.9 Å². The fraction of sp³-hybridized carbons (Fsp3) is 0.545. The van der Waals surface area contributed by atoms with Gasteiger partial charge in [-0.1, -0.05) is 5.21 Å². The fourth-order valence-electron chi connectivity index (χ4n) is 4.92. The van der Waals surface area contributed by atoms with Crippen molar-refractivity contribution in [3.8, 4) is 5.75 Å². The van der Waals surface area contributed by atoms with Crippen molar-refractivity contribution in [3.05, 3.63) is 41.0 Å². The molecule has 0 radical (unpaired) electrons. The average Bonchev–Trinajstić information content (AvgIpc) is 3.28. The van der Waals surface area contributed by atoms with Gasteiger partial charge < -0.3 is 24.2 Å². The molecule has 3 aliphatic heterocycles. The number of hydrogen-bond acceptors (Lipinski definition) is 6. The number of ether oxygens (including phenoxy) is 2. The summed E-state index contributed by atoms with van der Waals surface area (Å²) in [5.74, 6) is -1.65. The number of urea groups is 1. The largest absolute Gasteiger partial charge is 0.573 e. The summed E-state index contributed by atoms with van der Waals surface area (Å²) in [5, 5.41) is 10.7. The lowest BCUT2D eigenvalue weighted by atomic mass is 9.72. The summed E-state index contributed by atoms with van der Waals surface area (Å²) in [7, 11) is 0. The van der Waals surface area contributed by atoms with Gasteiger partial charge in [-0.3, -0.25) is 5.10 Å². The summed E-state index contributed by atoms with van der Waals surface area (Å²) in [6, 6.07) is 2.62. The van der Waals surface area contributed by atoms with Crippen molar-refractivity contribution in [2.24, 2.45) is 5.41 Å². The maximum Gasteiger partial charge on any atom is 0.573 e. The zero-order valence-electron chi connectivity index (χ0n) is 19.2. The average molecular weight is 512 g/mol. The van der Waals surface area contributed by atoms with Crippen LogP contribution in [0.4, 0.5) is 27.2 Å². The molecule has 0 atom stereocenters. The first-order chi connectivity index (χ1) is 17.1. The van der Waals surface area contributed by atoms with Crippen LogP contribution in [0.15, 0.2) is 18.2 Å². The van der Waals surface area contributed by atoms with Crippen molar-refractivity contribution in [2.45, 2.75) is 38.8 Å². The first-order valence-corrected chi connectivity index (χ1v) is 11.5. The lowest BCUT2D eigenvalue weighted by Gasteiger charge is -2.54. The number of benzene rings is 1. The van der Waals surface area contributed by atoms with E-state index in [1.165, 1.54) is 4.90 Å². The van der Waals surface area contributed by atoms with Gasteiger partial charge in [0.05, 0.1) is 12.2 Å². The maximum atomic E-state index is 14.1. The van der Waals surface area contributed by atoms with Crippen LogP contribution in [-0.2, 0) is 24.3 Å². The Morgan fingerprint density at radius 1 is 1.08 bits per heavy atom. The van der Waals surface area contributed by atoms with Gasteiger partial charge in [-0.25, -0.2) is 14.0 Å².